The number of nitrogens with one attached hydrogen (secondary N) is 2. The summed E-state index contributed by atoms with van der Waals surface area (Å²) in [7, 11) is 0. The van der Waals surface area contributed by atoms with E-state index in [0.717, 1.165) is 5.75 Å². The number of rotatable bonds is 4. The first-order valence-electron chi connectivity index (χ1n) is 5.44. The predicted molar refractivity (Wildman–Crippen MR) is 69.1 cm³/mol. The molecule has 1 aromatic rings. The van der Waals surface area contributed by atoms with Crippen LogP contribution >= 0.6 is 11.8 Å². The summed E-state index contributed by atoms with van der Waals surface area (Å²) in [6.45, 7) is 4.33. The van der Waals surface area contributed by atoms with Gasteiger partial charge in [-0.2, -0.15) is 0 Å². The fourth-order valence-corrected chi connectivity index (χ4v) is 2.56. The molecule has 0 unspecified atom stereocenters. The van der Waals surface area contributed by atoms with Crippen molar-refractivity contribution in [2.75, 3.05) is 0 Å². The molecule has 0 saturated heterocycles. The zero-order valence-electron chi connectivity index (χ0n) is 9.60. The summed E-state index contributed by atoms with van der Waals surface area (Å²) < 4.78 is 0. The van der Waals surface area contributed by atoms with Gasteiger partial charge in [0.15, 0.2) is 0 Å². The van der Waals surface area contributed by atoms with E-state index < -0.39 is 0 Å². The van der Waals surface area contributed by atoms with Gasteiger partial charge in [-0.25, -0.2) is 0 Å². The van der Waals surface area contributed by atoms with Crippen molar-refractivity contribution in [2.45, 2.75) is 25.6 Å². The Bertz CT molecular complexity index is 362. The molecule has 16 heavy (non-hydrogen) atoms. The molecule has 0 bridgehead atoms. The van der Waals surface area contributed by atoms with E-state index in [1.54, 1.807) is 0 Å². The van der Waals surface area contributed by atoms with Crippen LogP contribution < -0.4 is 11.0 Å². The second-order valence-electron chi connectivity index (χ2n) is 3.98. The highest BCUT2D eigenvalue weighted by Gasteiger charge is 2.17. The van der Waals surface area contributed by atoms with Gasteiger partial charge in [-0.15, -0.1) is 17.3 Å². The van der Waals surface area contributed by atoms with Gasteiger partial charge >= 0.3 is 0 Å². The molecule has 0 fully saturated rings. The quantitative estimate of drug-likeness (QED) is 0.838. The van der Waals surface area contributed by atoms with E-state index in [0.29, 0.717) is 6.04 Å². The normalized spacial score (nSPS) is 15.2. The molecular weight excluding hydrogens is 218 g/mol. The maximum absolute atomic E-state index is 3.11. The molecule has 0 spiro atoms. The van der Waals surface area contributed by atoms with Crippen LogP contribution in [0.1, 0.15) is 19.4 Å². The Morgan fingerprint density at radius 1 is 1.25 bits per heavy atom. The van der Waals surface area contributed by atoms with Crippen LogP contribution in [0.15, 0.2) is 41.6 Å². The zero-order chi connectivity index (χ0) is 11.4. The van der Waals surface area contributed by atoms with E-state index in [1.807, 2.05) is 24.0 Å². The van der Waals surface area contributed by atoms with Crippen molar-refractivity contribution in [3.8, 4) is 0 Å². The molecule has 3 nitrogen and oxygen atoms in total. The SMILES string of the molecule is CC(C)N1NNC=C1SCc1ccccc1. The zero-order valence-corrected chi connectivity index (χ0v) is 10.4. The van der Waals surface area contributed by atoms with Gasteiger partial charge in [0, 0.05) is 18.0 Å². The second kappa shape index (κ2) is 5.27. The monoisotopic (exact) mass is 235 g/mol. The lowest BCUT2D eigenvalue weighted by atomic mass is 10.2. The van der Waals surface area contributed by atoms with Crippen molar-refractivity contribution < 1.29 is 0 Å². The fraction of sp³-hybridized carbons (Fsp3) is 0.333. The molecule has 86 valence electrons. The van der Waals surface area contributed by atoms with E-state index in [4.69, 9.17) is 0 Å². The summed E-state index contributed by atoms with van der Waals surface area (Å²) in [5.41, 5.74) is 7.50. The first kappa shape index (κ1) is 11.4. The van der Waals surface area contributed by atoms with Crippen molar-refractivity contribution in [3.05, 3.63) is 47.1 Å². The molecule has 4 heteroatoms. The highest BCUT2D eigenvalue weighted by atomic mass is 32.2. The topological polar surface area (TPSA) is 27.3 Å². The summed E-state index contributed by atoms with van der Waals surface area (Å²) >= 11 is 1.84. The molecular formula is C12H17N3S. The maximum atomic E-state index is 3.11. The molecule has 2 N–H and O–H groups in total. The van der Waals surface area contributed by atoms with Crippen LogP contribution in [0.3, 0.4) is 0 Å². The smallest absolute Gasteiger partial charge is 0.105 e. The minimum absolute atomic E-state index is 0.449. The Hall–Kier alpha value is -1.13. The summed E-state index contributed by atoms with van der Waals surface area (Å²) in [5.74, 6) is 0.999. The molecule has 0 aromatic heterocycles. The molecule has 0 saturated carbocycles. The van der Waals surface area contributed by atoms with Gasteiger partial charge in [0.1, 0.15) is 5.03 Å². The maximum Gasteiger partial charge on any atom is 0.105 e. The van der Waals surface area contributed by atoms with Crippen LogP contribution in [-0.2, 0) is 5.75 Å². The van der Waals surface area contributed by atoms with Crippen LogP contribution in [0.5, 0.6) is 0 Å². The highest BCUT2D eigenvalue weighted by Crippen LogP contribution is 2.25. The third kappa shape index (κ3) is 2.71. The van der Waals surface area contributed by atoms with Gasteiger partial charge in [-0.05, 0) is 19.4 Å². The molecule has 2 rings (SSSR count). The average Bonchev–Trinajstić information content (AvgIpc) is 2.76. The minimum atomic E-state index is 0.449. The lowest BCUT2D eigenvalue weighted by molar-refractivity contribution is 0.216. The summed E-state index contributed by atoms with van der Waals surface area (Å²) in [5, 5.41) is 3.37. The van der Waals surface area contributed by atoms with Crippen molar-refractivity contribution >= 4 is 11.8 Å². The summed E-state index contributed by atoms with van der Waals surface area (Å²) in [4.78, 5) is 0. The van der Waals surface area contributed by atoms with E-state index >= 15 is 0 Å². The Kier molecular flexibility index (Phi) is 3.74. The molecule has 0 atom stereocenters. The lowest BCUT2D eigenvalue weighted by Crippen LogP contribution is -2.41. The average molecular weight is 235 g/mol. The molecule has 0 radical (unpaired) electrons. The largest absolute Gasteiger partial charge is 0.308 e. The first-order valence-corrected chi connectivity index (χ1v) is 6.43. The van der Waals surface area contributed by atoms with Crippen LogP contribution in [0.4, 0.5) is 0 Å². The highest BCUT2D eigenvalue weighted by molar-refractivity contribution is 8.02. The minimum Gasteiger partial charge on any atom is -0.308 e. The number of hydrogen-bond acceptors (Lipinski definition) is 4. The molecule has 1 aromatic carbocycles. The fourth-order valence-electron chi connectivity index (χ4n) is 1.51. The third-order valence-electron chi connectivity index (χ3n) is 2.36. The van der Waals surface area contributed by atoms with Crippen LogP contribution in [0, 0.1) is 0 Å². The number of hydrazine groups is 2. The standard InChI is InChI=1S/C12H17N3S/c1-10(2)15-12(8-13-14-15)16-9-11-6-4-3-5-7-11/h3-8,10,13-14H,9H2,1-2H3. The van der Waals surface area contributed by atoms with Crippen LogP contribution in [0.25, 0.3) is 0 Å². The van der Waals surface area contributed by atoms with Gasteiger partial charge in [-0.3, -0.25) is 5.01 Å². The Morgan fingerprint density at radius 3 is 2.69 bits per heavy atom. The van der Waals surface area contributed by atoms with Crippen LogP contribution in [-0.4, -0.2) is 11.1 Å². The van der Waals surface area contributed by atoms with Crippen LogP contribution in [0.2, 0.25) is 0 Å². The molecule has 1 aliphatic rings. The van der Waals surface area contributed by atoms with Crippen molar-refractivity contribution in [2.24, 2.45) is 0 Å². The first-order chi connectivity index (χ1) is 7.77. The van der Waals surface area contributed by atoms with Gasteiger partial charge < -0.3 is 5.43 Å². The Morgan fingerprint density at radius 2 is 2.00 bits per heavy atom. The molecule has 0 amide bonds. The van der Waals surface area contributed by atoms with E-state index in [2.05, 4.69) is 54.1 Å². The van der Waals surface area contributed by atoms with Crippen molar-refractivity contribution in [3.63, 3.8) is 0 Å². The molecule has 1 heterocycles. The lowest BCUT2D eigenvalue weighted by Gasteiger charge is -2.24. The van der Waals surface area contributed by atoms with Crippen molar-refractivity contribution in [1.29, 1.82) is 0 Å². The van der Waals surface area contributed by atoms with Crippen molar-refractivity contribution in [1.82, 2.24) is 16.0 Å². The van der Waals surface area contributed by atoms with Gasteiger partial charge in [0.25, 0.3) is 0 Å². The number of hydrogen-bond donors (Lipinski definition) is 2. The van der Waals surface area contributed by atoms with Gasteiger partial charge in [0.05, 0.1) is 0 Å². The van der Waals surface area contributed by atoms with E-state index in [1.165, 1.54) is 10.6 Å². The predicted octanol–water partition coefficient (Wildman–Crippen LogP) is 2.45. The Balaban J connectivity index is 1.91. The van der Waals surface area contributed by atoms with E-state index in [-0.39, 0.29) is 0 Å². The van der Waals surface area contributed by atoms with Gasteiger partial charge in [0.2, 0.25) is 0 Å². The van der Waals surface area contributed by atoms with Gasteiger partial charge in [-0.1, -0.05) is 30.3 Å². The molecule has 1 aliphatic heterocycles. The number of benzene rings is 1. The molecule has 0 aliphatic carbocycles. The summed E-state index contributed by atoms with van der Waals surface area (Å²) in [6, 6.07) is 11.0. The van der Waals surface area contributed by atoms with E-state index in [9.17, 15) is 0 Å². The number of nitrogens with zero attached hydrogens (tertiary/aromatic N) is 1. The Labute approximate surface area is 101 Å². The second-order valence-corrected chi connectivity index (χ2v) is 4.97. The number of thioether (sulfide) groups is 1. The third-order valence-corrected chi connectivity index (χ3v) is 3.45. The summed E-state index contributed by atoms with van der Waals surface area (Å²) in [6.07, 6.45) is 2.01.